The van der Waals surface area contributed by atoms with Gasteiger partial charge in [0.2, 0.25) is 0 Å². The minimum Gasteiger partial charge on any atom is -0.481 e. The number of aliphatic carboxylic acids is 1. The van der Waals surface area contributed by atoms with E-state index in [0.29, 0.717) is 29.8 Å². The van der Waals surface area contributed by atoms with E-state index < -0.39 is 11.4 Å². The number of hydrogen-bond donors (Lipinski definition) is 2. The maximum absolute atomic E-state index is 12.3. The van der Waals surface area contributed by atoms with Gasteiger partial charge in [0, 0.05) is 6.54 Å². The molecule has 7 nitrogen and oxygen atoms in total. The van der Waals surface area contributed by atoms with E-state index in [9.17, 15) is 9.59 Å². The quantitative estimate of drug-likeness (QED) is 0.869. The fourth-order valence-electron chi connectivity index (χ4n) is 2.24. The van der Waals surface area contributed by atoms with Crippen LogP contribution in [0.3, 0.4) is 0 Å². The van der Waals surface area contributed by atoms with Crippen LogP contribution in [0.15, 0.2) is 28.8 Å². The summed E-state index contributed by atoms with van der Waals surface area (Å²) >= 11 is 0. The van der Waals surface area contributed by atoms with Crippen molar-refractivity contribution in [3.8, 4) is 11.5 Å². The van der Waals surface area contributed by atoms with Crippen LogP contribution in [0.2, 0.25) is 0 Å². The summed E-state index contributed by atoms with van der Waals surface area (Å²) in [7, 11) is 0. The molecule has 0 saturated heterocycles. The predicted octanol–water partition coefficient (Wildman–Crippen LogP) is 1.64. The summed E-state index contributed by atoms with van der Waals surface area (Å²) in [5.41, 5.74) is 0.110. The Morgan fingerprint density at radius 3 is 2.68 bits per heavy atom. The average Bonchev–Trinajstić information content (AvgIpc) is 3.20. The van der Waals surface area contributed by atoms with E-state index in [1.807, 2.05) is 0 Å². The first-order chi connectivity index (χ1) is 10.5. The standard InChI is InChI=1S/C15H15N3O4/c1-9-17-13(22-18-9)11-5-3-2-4-10(11)12(19)16-8-15(6-7-15)14(20)21/h2-5H,6-8H2,1H3,(H,16,19)(H,20,21). The lowest BCUT2D eigenvalue weighted by Crippen LogP contribution is -2.34. The number of amides is 1. The van der Waals surface area contributed by atoms with Crippen LogP contribution in [0.25, 0.3) is 11.5 Å². The summed E-state index contributed by atoms with van der Waals surface area (Å²) in [6.45, 7) is 1.82. The van der Waals surface area contributed by atoms with Gasteiger partial charge in [-0.15, -0.1) is 0 Å². The van der Waals surface area contributed by atoms with Crippen LogP contribution in [0.1, 0.15) is 29.0 Å². The number of carboxylic acids is 1. The molecular formula is C15H15N3O4. The molecule has 1 amide bonds. The normalized spacial score (nSPS) is 15.3. The summed E-state index contributed by atoms with van der Waals surface area (Å²) in [5.74, 6) is -0.469. The zero-order valence-electron chi connectivity index (χ0n) is 12.0. The Kier molecular flexibility index (Phi) is 3.40. The van der Waals surface area contributed by atoms with E-state index in [0.717, 1.165) is 0 Å². The molecule has 3 rings (SSSR count). The van der Waals surface area contributed by atoms with E-state index in [1.54, 1.807) is 31.2 Å². The van der Waals surface area contributed by atoms with E-state index >= 15 is 0 Å². The maximum atomic E-state index is 12.3. The molecule has 2 N–H and O–H groups in total. The predicted molar refractivity (Wildman–Crippen MR) is 76.1 cm³/mol. The largest absolute Gasteiger partial charge is 0.481 e. The van der Waals surface area contributed by atoms with Gasteiger partial charge in [-0.05, 0) is 31.9 Å². The Morgan fingerprint density at radius 1 is 1.36 bits per heavy atom. The lowest BCUT2D eigenvalue weighted by Gasteiger charge is -2.12. The van der Waals surface area contributed by atoms with E-state index in [-0.39, 0.29) is 18.3 Å². The van der Waals surface area contributed by atoms with Crippen molar-refractivity contribution in [1.29, 1.82) is 0 Å². The number of nitrogens with one attached hydrogen (secondary N) is 1. The second kappa shape index (κ2) is 5.25. The van der Waals surface area contributed by atoms with Gasteiger partial charge in [-0.1, -0.05) is 17.3 Å². The number of hydrogen-bond acceptors (Lipinski definition) is 5. The van der Waals surface area contributed by atoms with Gasteiger partial charge in [0.25, 0.3) is 11.8 Å². The molecule has 2 aromatic rings. The van der Waals surface area contributed by atoms with Gasteiger partial charge >= 0.3 is 5.97 Å². The molecule has 1 aromatic heterocycles. The lowest BCUT2D eigenvalue weighted by atomic mass is 10.1. The van der Waals surface area contributed by atoms with E-state index in [2.05, 4.69) is 15.5 Å². The van der Waals surface area contributed by atoms with Crippen molar-refractivity contribution < 1.29 is 19.2 Å². The lowest BCUT2D eigenvalue weighted by molar-refractivity contribution is -0.143. The molecule has 1 aliphatic carbocycles. The Morgan fingerprint density at radius 2 is 2.09 bits per heavy atom. The van der Waals surface area contributed by atoms with Gasteiger partial charge in [0.1, 0.15) is 0 Å². The molecule has 22 heavy (non-hydrogen) atoms. The maximum Gasteiger partial charge on any atom is 0.311 e. The molecule has 0 radical (unpaired) electrons. The summed E-state index contributed by atoms with van der Waals surface area (Å²) in [4.78, 5) is 27.6. The molecule has 114 valence electrons. The smallest absolute Gasteiger partial charge is 0.311 e. The molecule has 0 atom stereocenters. The van der Waals surface area contributed by atoms with Gasteiger partial charge in [0.15, 0.2) is 5.82 Å². The molecule has 0 aliphatic heterocycles. The number of carbonyl (C=O) groups excluding carboxylic acids is 1. The van der Waals surface area contributed by atoms with Gasteiger partial charge in [-0.2, -0.15) is 4.98 Å². The van der Waals surface area contributed by atoms with Crippen molar-refractivity contribution in [2.75, 3.05) is 6.54 Å². The van der Waals surface area contributed by atoms with Crippen molar-refractivity contribution in [3.05, 3.63) is 35.7 Å². The van der Waals surface area contributed by atoms with Gasteiger partial charge in [0.05, 0.1) is 16.5 Å². The fraction of sp³-hybridized carbons (Fsp3) is 0.333. The topological polar surface area (TPSA) is 105 Å². The Bertz CT molecular complexity index is 734. The zero-order chi connectivity index (χ0) is 15.7. The molecule has 1 fully saturated rings. The Hall–Kier alpha value is -2.70. The van der Waals surface area contributed by atoms with Gasteiger partial charge in [-0.25, -0.2) is 0 Å². The highest BCUT2D eigenvalue weighted by molar-refractivity contribution is 6.00. The van der Waals surface area contributed by atoms with Crippen LogP contribution in [0.4, 0.5) is 0 Å². The number of nitrogens with zero attached hydrogens (tertiary/aromatic N) is 2. The highest BCUT2D eigenvalue weighted by Crippen LogP contribution is 2.45. The first-order valence-electron chi connectivity index (χ1n) is 6.93. The highest BCUT2D eigenvalue weighted by atomic mass is 16.5. The monoisotopic (exact) mass is 301 g/mol. The van der Waals surface area contributed by atoms with Crippen molar-refractivity contribution in [2.45, 2.75) is 19.8 Å². The number of rotatable bonds is 5. The molecule has 0 spiro atoms. The summed E-state index contributed by atoms with van der Waals surface area (Å²) in [6, 6.07) is 6.85. The summed E-state index contributed by atoms with van der Waals surface area (Å²) < 4.78 is 5.10. The van der Waals surface area contributed by atoms with Crippen LogP contribution in [-0.2, 0) is 4.79 Å². The third kappa shape index (κ3) is 2.57. The SMILES string of the molecule is Cc1noc(-c2ccccc2C(=O)NCC2(C(=O)O)CC2)n1. The van der Waals surface area contributed by atoms with Crippen LogP contribution >= 0.6 is 0 Å². The third-order valence-electron chi connectivity index (χ3n) is 3.82. The van der Waals surface area contributed by atoms with Crippen molar-refractivity contribution in [2.24, 2.45) is 5.41 Å². The summed E-state index contributed by atoms with van der Waals surface area (Å²) in [5, 5.41) is 15.5. The second-order valence-electron chi connectivity index (χ2n) is 5.46. The number of carbonyl (C=O) groups is 2. The van der Waals surface area contributed by atoms with Crippen molar-refractivity contribution >= 4 is 11.9 Å². The Balaban J connectivity index is 1.80. The molecular weight excluding hydrogens is 286 g/mol. The molecule has 0 bridgehead atoms. The molecule has 1 saturated carbocycles. The van der Waals surface area contributed by atoms with Gasteiger partial charge in [-0.3, -0.25) is 9.59 Å². The summed E-state index contributed by atoms with van der Waals surface area (Å²) in [6.07, 6.45) is 1.18. The fourth-order valence-corrected chi connectivity index (χ4v) is 2.24. The first-order valence-corrected chi connectivity index (χ1v) is 6.93. The van der Waals surface area contributed by atoms with Crippen LogP contribution in [0, 0.1) is 12.3 Å². The zero-order valence-corrected chi connectivity index (χ0v) is 12.0. The van der Waals surface area contributed by atoms with Crippen molar-refractivity contribution in [1.82, 2.24) is 15.5 Å². The molecule has 1 aliphatic rings. The molecule has 1 heterocycles. The highest BCUT2D eigenvalue weighted by Gasteiger charge is 2.50. The van der Waals surface area contributed by atoms with Crippen LogP contribution in [0.5, 0.6) is 0 Å². The third-order valence-corrected chi connectivity index (χ3v) is 3.82. The van der Waals surface area contributed by atoms with Crippen molar-refractivity contribution in [3.63, 3.8) is 0 Å². The van der Waals surface area contributed by atoms with E-state index in [1.165, 1.54) is 0 Å². The number of aryl methyl sites for hydroxylation is 1. The first kappa shape index (κ1) is 14.2. The number of aromatic nitrogens is 2. The van der Waals surface area contributed by atoms with Crippen LogP contribution in [-0.4, -0.2) is 33.7 Å². The van der Waals surface area contributed by atoms with Crippen LogP contribution < -0.4 is 5.32 Å². The molecule has 1 aromatic carbocycles. The Labute approximate surface area is 126 Å². The minimum absolute atomic E-state index is 0.123. The van der Waals surface area contributed by atoms with E-state index in [4.69, 9.17) is 9.63 Å². The molecule has 7 heteroatoms. The number of carboxylic acid groups (broad SMARTS) is 1. The minimum atomic E-state index is -0.867. The number of benzene rings is 1. The average molecular weight is 301 g/mol. The molecule has 0 unspecified atom stereocenters. The second-order valence-corrected chi connectivity index (χ2v) is 5.46. The van der Waals surface area contributed by atoms with Gasteiger partial charge < -0.3 is 14.9 Å².